The summed E-state index contributed by atoms with van der Waals surface area (Å²) in [5, 5.41) is 8.25. The van der Waals surface area contributed by atoms with Gasteiger partial charge in [0, 0.05) is 37.7 Å². The fourth-order valence-electron chi connectivity index (χ4n) is 3.76. The zero-order valence-corrected chi connectivity index (χ0v) is 18.5. The number of hydrogen-bond acceptors (Lipinski definition) is 6. The topological polar surface area (TPSA) is 87.5 Å². The predicted molar refractivity (Wildman–Crippen MR) is 117 cm³/mol. The number of carbonyl (C=O) groups excluding carboxylic acids is 1. The van der Waals surface area contributed by atoms with E-state index in [0.717, 1.165) is 22.2 Å². The number of aryl methyl sites for hydroxylation is 1. The van der Waals surface area contributed by atoms with Gasteiger partial charge in [0.2, 0.25) is 11.8 Å². The van der Waals surface area contributed by atoms with E-state index in [1.165, 1.54) is 0 Å². The largest absolute Gasteiger partial charge is 0.493 e. The number of methoxy groups -OCH3 is 1. The number of ether oxygens (including phenoxy) is 3. The minimum atomic E-state index is -0.165. The highest BCUT2D eigenvalue weighted by Gasteiger charge is 2.29. The Hall–Kier alpha value is -3.29. The van der Waals surface area contributed by atoms with Crippen LogP contribution in [0.5, 0.6) is 17.4 Å². The number of carbonyl (C=O) groups is 1. The molecule has 3 aromatic rings. The number of nitrogens with one attached hydrogen (secondary N) is 1. The number of benzene rings is 1. The fraction of sp³-hybridized carbons (Fsp3) is 0.435. The minimum Gasteiger partial charge on any atom is -0.493 e. The highest BCUT2D eigenvalue weighted by molar-refractivity contribution is 5.87. The maximum absolute atomic E-state index is 11.6. The van der Waals surface area contributed by atoms with Gasteiger partial charge in [-0.3, -0.25) is 9.48 Å². The third-order valence-electron chi connectivity index (χ3n) is 5.38. The molecule has 2 atom stereocenters. The predicted octanol–water partition coefficient (Wildman–Crippen LogP) is 3.33. The first kappa shape index (κ1) is 21.0. The third-order valence-corrected chi connectivity index (χ3v) is 5.38. The molecule has 1 aromatic carbocycles. The van der Waals surface area contributed by atoms with Gasteiger partial charge >= 0.3 is 0 Å². The van der Waals surface area contributed by atoms with Crippen LogP contribution in [0.4, 0.5) is 0 Å². The van der Waals surface area contributed by atoms with E-state index in [1.54, 1.807) is 11.8 Å². The first-order chi connectivity index (χ1) is 14.8. The van der Waals surface area contributed by atoms with Crippen molar-refractivity contribution >= 4 is 16.8 Å². The lowest BCUT2D eigenvalue weighted by molar-refractivity contribution is -0.119. The molecule has 1 saturated heterocycles. The normalized spacial score (nSPS) is 17.1. The molecule has 0 radical (unpaired) electrons. The van der Waals surface area contributed by atoms with Crippen LogP contribution in [0.25, 0.3) is 22.2 Å². The van der Waals surface area contributed by atoms with E-state index in [1.807, 2.05) is 58.3 Å². The molecule has 4 rings (SSSR count). The second kappa shape index (κ2) is 8.45. The second-order valence-corrected chi connectivity index (χ2v) is 8.17. The van der Waals surface area contributed by atoms with E-state index < -0.39 is 0 Å². The van der Waals surface area contributed by atoms with Crippen LogP contribution in [0.15, 0.2) is 30.5 Å². The van der Waals surface area contributed by atoms with E-state index in [4.69, 9.17) is 19.2 Å². The maximum Gasteiger partial charge on any atom is 0.225 e. The molecule has 1 N–H and O–H groups in total. The van der Waals surface area contributed by atoms with E-state index >= 15 is 0 Å². The molecule has 31 heavy (non-hydrogen) atoms. The highest BCUT2D eigenvalue weighted by atomic mass is 16.5. The summed E-state index contributed by atoms with van der Waals surface area (Å²) in [5.74, 6) is 2.00. The van der Waals surface area contributed by atoms with Gasteiger partial charge in [-0.1, -0.05) is 0 Å². The molecule has 1 fully saturated rings. The van der Waals surface area contributed by atoms with Gasteiger partial charge in [0.15, 0.2) is 11.5 Å². The van der Waals surface area contributed by atoms with Crippen molar-refractivity contribution in [3.63, 3.8) is 0 Å². The number of hydrogen-bond donors (Lipinski definition) is 1. The molecule has 0 saturated carbocycles. The molecule has 1 aliphatic rings. The Labute approximate surface area is 181 Å². The first-order valence-electron chi connectivity index (χ1n) is 10.5. The molecule has 8 nitrogen and oxygen atoms in total. The number of amides is 1. The lowest BCUT2D eigenvalue weighted by atomic mass is 10.0. The summed E-state index contributed by atoms with van der Waals surface area (Å²) in [4.78, 5) is 16.4. The van der Waals surface area contributed by atoms with Crippen LogP contribution in [-0.2, 0) is 11.8 Å². The smallest absolute Gasteiger partial charge is 0.225 e. The Morgan fingerprint density at radius 2 is 1.97 bits per heavy atom. The monoisotopic (exact) mass is 424 g/mol. The van der Waals surface area contributed by atoms with Crippen LogP contribution >= 0.6 is 0 Å². The molecule has 1 unspecified atom stereocenters. The van der Waals surface area contributed by atoms with Crippen molar-refractivity contribution in [2.45, 2.75) is 39.4 Å². The van der Waals surface area contributed by atoms with Crippen molar-refractivity contribution < 1.29 is 19.0 Å². The van der Waals surface area contributed by atoms with Crippen molar-refractivity contribution in [2.75, 3.05) is 13.7 Å². The average molecular weight is 425 g/mol. The third kappa shape index (κ3) is 4.42. The van der Waals surface area contributed by atoms with Crippen molar-refractivity contribution in [3.8, 4) is 28.6 Å². The first-order valence-corrected chi connectivity index (χ1v) is 10.5. The summed E-state index contributed by atoms with van der Waals surface area (Å²) in [5.41, 5.74) is 2.39. The lowest BCUT2D eigenvalue weighted by Gasteiger charge is -2.20. The van der Waals surface area contributed by atoms with Crippen LogP contribution in [0.2, 0.25) is 0 Å². The molecule has 8 heteroatoms. The van der Waals surface area contributed by atoms with Gasteiger partial charge in [-0.15, -0.1) is 0 Å². The molecule has 1 aliphatic heterocycles. The fourth-order valence-corrected chi connectivity index (χ4v) is 3.76. The zero-order chi connectivity index (χ0) is 22.1. The number of fused-ring (bicyclic) bond motifs is 1. The number of pyridine rings is 1. The van der Waals surface area contributed by atoms with Crippen LogP contribution in [0, 0.1) is 5.92 Å². The van der Waals surface area contributed by atoms with E-state index in [9.17, 15) is 4.79 Å². The summed E-state index contributed by atoms with van der Waals surface area (Å²) >= 11 is 0. The summed E-state index contributed by atoms with van der Waals surface area (Å²) in [6, 6.07) is 7.67. The van der Waals surface area contributed by atoms with Gasteiger partial charge in [-0.25, -0.2) is 4.98 Å². The van der Waals surface area contributed by atoms with E-state index in [2.05, 4.69) is 10.4 Å². The number of rotatable bonds is 7. The van der Waals surface area contributed by atoms with Crippen LogP contribution in [0.1, 0.15) is 27.2 Å². The van der Waals surface area contributed by atoms with E-state index in [0.29, 0.717) is 30.3 Å². The molecule has 1 amide bonds. The quantitative estimate of drug-likeness (QED) is 0.626. The molecule has 2 aromatic heterocycles. The average Bonchev–Trinajstić information content (AvgIpc) is 3.32. The number of aromatic nitrogens is 3. The van der Waals surface area contributed by atoms with Gasteiger partial charge in [-0.2, -0.15) is 5.10 Å². The Balaban J connectivity index is 1.71. The Kier molecular flexibility index (Phi) is 5.71. The zero-order valence-electron chi connectivity index (χ0n) is 18.5. The Morgan fingerprint density at radius 3 is 2.65 bits per heavy atom. The van der Waals surface area contributed by atoms with Crippen molar-refractivity contribution in [1.82, 2.24) is 20.1 Å². The summed E-state index contributed by atoms with van der Waals surface area (Å²) in [7, 11) is 3.49. The van der Waals surface area contributed by atoms with Crippen molar-refractivity contribution in [3.05, 3.63) is 30.5 Å². The van der Waals surface area contributed by atoms with Gasteiger partial charge in [0.1, 0.15) is 6.10 Å². The molecule has 0 bridgehead atoms. The summed E-state index contributed by atoms with van der Waals surface area (Å²) < 4.78 is 19.4. The van der Waals surface area contributed by atoms with Crippen molar-refractivity contribution in [2.24, 2.45) is 13.0 Å². The van der Waals surface area contributed by atoms with Crippen LogP contribution in [-0.4, -0.2) is 46.5 Å². The van der Waals surface area contributed by atoms with Gasteiger partial charge in [0.25, 0.3) is 0 Å². The van der Waals surface area contributed by atoms with Crippen molar-refractivity contribution in [1.29, 1.82) is 0 Å². The highest BCUT2D eigenvalue weighted by Crippen LogP contribution is 2.35. The second-order valence-electron chi connectivity index (χ2n) is 8.17. The molecule has 0 spiro atoms. The standard InChI is InChI=1S/C23H28N4O4/c1-13(2)30-20-7-6-15(8-21(20)29-5)18-10-19-17(12-27(4)26-19)23(25-18)31-14(3)16-9-22(28)24-11-16/h6-8,10,12-14,16H,9,11H2,1-5H3,(H,24,28)/t14?,16-/m1/s1. The molecule has 0 aliphatic carbocycles. The summed E-state index contributed by atoms with van der Waals surface area (Å²) in [6.07, 6.45) is 2.24. The lowest BCUT2D eigenvalue weighted by Crippen LogP contribution is -2.26. The Morgan fingerprint density at radius 1 is 1.16 bits per heavy atom. The molecular formula is C23H28N4O4. The maximum atomic E-state index is 11.6. The van der Waals surface area contributed by atoms with Gasteiger partial charge in [-0.05, 0) is 45.0 Å². The number of nitrogens with zero attached hydrogens (tertiary/aromatic N) is 3. The molecule has 3 heterocycles. The SMILES string of the molecule is COc1cc(-c2cc3nn(C)cc3c(OC(C)[C@H]3CNC(=O)C3)n2)ccc1OC(C)C. The molecular weight excluding hydrogens is 396 g/mol. The van der Waals surface area contributed by atoms with Gasteiger partial charge < -0.3 is 19.5 Å². The van der Waals surface area contributed by atoms with Gasteiger partial charge in [0.05, 0.1) is 29.8 Å². The molecule has 164 valence electrons. The Bertz CT molecular complexity index is 1110. The minimum absolute atomic E-state index is 0.0428. The van der Waals surface area contributed by atoms with Crippen LogP contribution < -0.4 is 19.5 Å². The van der Waals surface area contributed by atoms with E-state index in [-0.39, 0.29) is 24.0 Å². The van der Waals surface area contributed by atoms with Crippen LogP contribution in [0.3, 0.4) is 0 Å². The summed E-state index contributed by atoms with van der Waals surface area (Å²) in [6.45, 7) is 6.54.